The van der Waals surface area contributed by atoms with Crippen molar-refractivity contribution in [2.24, 2.45) is 0 Å². The number of anilines is 1. The zero-order chi connectivity index (χ0) is 26.7. The number of hydrogen-bond acceptors (Lipinski definition) is 8. The Bertz CT molecular complexity index is 1450. The second-order valence-electron chi connectivity index (χ2n) is 7.83. The molecule has 0 aliphatic rings. The van der Waals surface area contributed by atoms with Gasteiger partial charge in [0.25, 0.3) is 5.91 Å². The fourth-order valence-electron chi connectivity index (χ4n) is 3.41. The molecule has 0 fully saturated rings. The van der Waals surface area contributed by atoms with Gasteiger partial charge in [-0.3, -0.25) is 10.1 Å². The lowest BCUT2D eigenvalue weighted by molar-refractivity contribution is -0.112. The van der Waals surface area contributed by atoms with E-state index in [4.69, 9.17) is 25.8 Å². The summed E-state index contributed by atoms with van der Waals surface area (Å²) in [5, 5.41) is 21.7. The van der Waals surface area contributed by atoms with E-state index >= 15 is 0 Å². The van der Waals surface area contributed by atoms with Gasteiger partial charge in [0.2, 0.25) is 5.13 Å². The molecule has 1 amide bonds. The van der Waals surface area contributed by atoms with Crippen LogP contribution in [-0.2, 0) is 11.2 Å². The largest absolute Gasteiger partial charge is 0.493 e. The molecule has 1 aromatic heterocycles. The second kappa shape index (κ2) is 13.2. The number of methoxy groups -OCH3 is 1. The van der Waals surface area contributed by atoms with Crippen molar-refractivity contribution in [3.05, 3.63) is 99.5 Å². The van der Waals surface area contributed by atoms with Gasteiger partial charge < -0.3 is 14.2 Å². The zero-order valence-electron chi connectivity index (χ0n) is 20.4. The molecule has 192 valence electrons. The molecule has 0 aliphatic carbocycles. The number of benzene rings is 3. The number of hydrogen-bond donors (Lipinski definition) is 1. The molecule has 0 aliphatic heterocycles. The molecular weight excluding hydrogens is 524 g/mol. The smallest absolute Gasteiger partial charge is 0.268 e. The molecular formula is C28H23ClN4O4S. The first kappa shape index (κ1) is 26.7. The SMILES string of the molecule is COc1cc(C=C(C#N)C(=O)Nc2nnc(Cc3ccccc3)s2)cc(Cl)c1OCCOc1ccccc1. The van der Waals surface area contributed by atoms with E-state index in [0.717, 1.165) is 16.3 Å². The van der Waals surface area contributed by atoms with Gasteiger partial charge in [-0.15, -0.1) is 10.2 Å². The van der Waals surface area contributed by atoms with Gasteiger partial charge in [0.1, 0.15) is 35.6 Å². The summed E-state index contributed by atoms with van der Waals surface area (Å²) in [6, 6.07) is 24.3. The Morgan fingerprint density at radius 3 is 2.47 bits per heavy atom. The van der Waals surface area contributed by atoms with Crippen LogP contribution in [0.4, 0.5) is 5.13 Å². The Hall–Kier alpha value is -4.39. The number of halogens is 1. The van der Waals surface area contributed by atoms with Gasteiger partial charge in [0.15, 0.2) is 11.5 Å². The minimum Gasteiger partial charge on any atom is -0.493 e. The summed E-state index contributed by atoms with van der Waals surface area (Å²) in [6.07, 6.45) is 2.01. The fourth-order valence-corrected chi connectivity index (χ4v) is 4.45. The summed E-state index contributed by atoms with van der Waals surface area (Å²) in [5.74, 6) is 0.822. The number of aromatic nitrogens is 2. The number of nitriles is 1. The number of amides is 1. The van der Waals surface area contributed by atoms with Gasteiger partial charge in [-0.05, 0) is 41.5 Å². The van der Waals surface area contributed by atoms with Crippen LogP contribution in [0.5, 0.6) is 17.2 Å². The van der Waals surface area contributed by atoms with Crippen molar-refractivity contribution in [1.29, 1.82) is 5.26 Å². The first-order chi connectivity index (χ1) is 18.6. The summed E-state index contributed by atoms with van der Waals surface area (Å²) in [6.45, 7) is 0.544. The molecule has 1 N–H and O–H groups in total. The van der Waals surface area contributed by atoms with E-state index in [-0.39, 0.29) is 17.2 Å². The third-order valence-corrected chi connectivity index (χ3v) is 6.27. The quantitative estimate of drug-likeness (QED) is 0.144. The van der Waals surface area contributed by atoms with Crippen LogP contribution in [0.1, 0.15) is 16.1 Å². The first-order valence-electron chi connectivity index (χ1n) is 11.5. The number of carbonyl (C=O) groups excluding carboxylic acids is 1. The van der Waals surface area contributed by atoms with Crippen LogP contribution >= 0.6 is 22.9 Å². The van der Waals surface area contributed by atoms with Crippen LogP contribution in [0.15, 0.2) is 78.4 Å². The highest BCUT2D eigenvalue weighted by molar-refractivity contribution is 7.15. The van der Waals surface area contributed by atoms with Crippen LogP contribution in [0, 0.1) is 11.3 Å². The average molecular weight is 547 g/mol. The van der Waals surface area contributed by atoms with Gasteiger partial charge in [-0.2, -0.15) is 5.26 Å². The average Bonchev–Trinajstić information content (AvgIpc) is 3.37. The zero-order valence-corrected chi connectivity index (χ0v) is 22.0. The first-order valence-corrected chi connectivity index (χ1v) is 12.7. The Morgan fingerprint density at radius 2 is 1.76 bits per heavy atom. The molecule has 0 unspecified atom stereocenters. The number of ether oxygens (including phenoxy) is 3. The molecule has 4 aromatic rings. The number of carbonyl (C=O) groups is 1. The molecule has 0 radical (unpaired) electrons. The molecule has 10 heteroatoms. The molecule has 0 bridgehead atoms. The lowest BCUT2D eigenvalue weighted by atomic mass is 10.1. The number of nitrogens with zero attached hydrogens (tertiary/aromatic N) is 3. The van der Waals surface area contributed by atoms with Gasteiger partial charge in [-0.1, -0.05) is 71.5 Å². The molecule has 3 aromatic carbocycles. The summed E-state index contributed by atoms with van der Waals surface area (Å²) >= 11 is 7.69. The van der Waals surface area contributed by atoms with Gasteiger partial charge >= 0.3 is 0 Å². The van der Waals surface area contributed by atoms with Crippen molar-refractivity contribution >= 4 is 40.1 Å². The van der Waals surface area contributed by atoms with E-state index in [1.165, 1.54) is 24.5 Å². The van der Waals surface area contributed by atoms with Crippen molar-refractivity contribution in [2.45, 2.75) is 6.42 Å². The molecule has 0 saturated carbocycles. The van der Waals surface area contributed by atoms with Crippen molar-refractivity contribution < 1.29 is 19.0 Å². The Morgan fingerprint density at radius 1 is 1.05 bits per heavy atom. The number of rotatable bonds is 11. The lowest BCUT2D eigenvalue weighted by Crippen LogP contribution is -2.13. The number of nitrogens with one attached hydrogen (secondary N) is 1. The highest BCUT2D eigenvalue weighted by atomic mass is 35.5. The molecule has 0 atom stereocenters. The van der Waals surface area contributed by atoms with Crippen LogP contribution < -0.4 is 19.5 Å². The van der Waals surface area contributed by atoms with E-state index in [2.05, 4.69) is 15.5 Å². The summed E-state index contributed by atoms with van der Waals surface area (Å²) in [4.78, 5) is 12.7. The normalized spacial score (nSPS) is 10.9. The topological polar surface area (TPSA) is 106 Å². The minimum absolute atomic E-state index is 0.132. The molecule has 0 saturated heterocycles. The highest BCUT2D eigenvalue weighted by Crippen LogP contribution is 2.37. The van der Waals surface area contributed by atoms with Crippen molar-refractivity contribution in [2.75, 3.05) is 25.6 Å². The molecule has 4 rings (SSSR count). The van der Waals surface area contributed by atoms with Crippen LogP contribution in [0.3, 0.4) is 0 Å². The monoisotopic (exact) mass is 546 g/mol. The molecule has 38 heavy (non-hydrogen) atoms. The minimum atomic E-state index is -0.608. The van der Waals surface area contributed by atoms with Crippen molar-refractivity contribution in [3.8, 4) is 23.3 Å². The van der Waals surface area contributed by atoms with Crippen molar-refractivity contribution in [1.82, 2.24) is 10.2 Å². The van der Waals surface area contributed by atoms with Crippen LogP contribution in [0.25, 0.3) is 6.08 Å². The third-order valence-electron chi connectivity index (χ3n) is 5.16. The second-order valence-corrected chi connectivity index (χ2v) is 9.30. The summed E-state index contributed by atoms with van der Waals surface area (Å²) in [7, 11) is 1.48. The number of para-hydroxylation sites is 1. The standard InChI is InChI=1S/C28H23ClN4O4S/c1-35-24-16-20(15-23(29)26(24)37-13-12-36-22-10-6-3-7-11-22)14-21(18-30)27(34)31-28-33-32-25(38-28)17-19-8-4-2-5-9-19/h2-11,14-16H,12-13,17H2,1H3,(H,31,33,34). The van der Waals surface area contributed by atoms with E-state index in [0.29, 0.717) is 35.2 Å². The van der Waals surface area contributed by atoms with Gasteiger partial charge in [0.05, 0.1) is 12.1 Å². The van der Waals surface area contributed by atoms with Crippen molar-refractivity contribution in [3.63, 3.8) is 0 Å². The Labute approximate surface area is 229 Å². The molecule has 1 heterocycles. The van der Waals surface area contributed by atoms with Crippen LogP contribution in [-0.4, -0.2) is 36.4 Å². The van der Waals surface area contributed by atoms with E-state index in [9.17, 15) is 10.1 Å². The third kappa shape index (κ3) is 7.32. The Balaban J connectivity index is 1.40. The summed E-state index contributed by atoms with van der Waals surface area (Å²) in [5.41, 5.74) is 1.45. The van der Waals surface area contributed by atoms with E-state index in [1.54, 1.807) is 12.1 Å². The Kier molecular flexibility index (Phi) is 9.29. The maximum Gasteiger partial charge on any atom is 0.268 e. The van der Waals surface area contributed by atoms with E-state index < -0.39 is 5.91 Å². The lowest BCUT2D eigenvalue weighted by Gasteiger charge is -2.14. The van der Waals surface area contributed by atoms with Gasteiger partial charge in [0, 0.05) is 6.42 Å². The summed E-state index contributed by atoms with van der Waals surface area (Å²) < 4.78 is 16.8. The van der Waals surface area contributed by atoms with Crippen LogP contribution in [0.2, 0.25) is 5.02 Å². The maximum absolute atomic E-state index is 12.7. The maximum atomic E-state index is 12.7. The molecule has 8 nitrogen and oxygen atoms in total. The molecule has 0 spiro atoms. The van der Waals surface area contributed by atoms with E-state index in [1.807, 2.05) is 66.7 Å². The van der Waals surface area contributed by atoms with Gasteiger partial charge in [-0.25, -0.2) is 0 Å². The predicted octanol–water partition coefficient (Wildman–Crippen LogP) is 5.79. The predicted molar refractivity (Wildman–Crippen MR) is 147 cm³/mol. The highest BCUT2D eigenvalue weighted by Gasteiger charge is 2.16. The fraction of sp³-hybridized carbons (Fsp3) is 0.143.